The highest BCUT2D eigenvalue weighted by Gasteiger charge is 2.30. The quantitative estimate of drug-likeness (QED) is 0.592. The summed E-state index contributed by atoms with van der Waals surface area (Å²) in [5.74, 6) is -0.616. The summed E-state index contributed by atoms with van der Waals surface area (Å²) in [7, 11) is 2.76. The van der Waals surface area contributed by atoms with Crippen LogP contribution < -0.4 is 22.3 Å². The number of nitrogens with two attached hydrogens (primary N) is 1. The van der Waals surface area contributed by atoms with Crippen LogP contribution in [0.3, 0.4) is 0 Å². The van der Waals surface area contributed by atoms with E-state index in [0.717, 1.165) is 25.9 Å². The number of Topliss-reactive ketones (excluding diaryl/α,β-unsaturated/α-hetero) is 1. The Bertz CT molecular complexity index is 1190. The van der Waals surface area contributed by atoms with Crippen molar-refractivity contribution in [3.63, 3.8) is 0 Å². The lowest BCUT2D eigenvalue weighted by Crippen LogP contribution is -2.54. The molecular formula is C23H32N6O4. The van der Waals surface area contributed by atoms with Gasteiger partial charge in [0.1, 0.15) is 11.4 Å². The van der Waals surface area contributed by atoms with Crippen LogP contribution in [0.25, 0.3) is 0 Å². The zero-order valence-electron chi connectivity index (χ0n) is 19.8. The van der Waals surface area contributed by atoms with Gasteiger partial charge >= 0.3 is 5.69 Å². The van der Waals surface area contributed by atoms with Gasteiger partial charge in [-0.25, -0.2) is 4.79 Å². The molecule has 0 unspecified atom stereocenters. The number of carbonyl (C=O) groups excluding carboxylic acids is 2. The molecule has 2 heterocycles. The van der Waals surface area contributed by atoms with Crippen LogP contribution in [0.15, 0.2) is 27.8 Å². The molecule has 0 radical (unpaired) electrons. The van der Waals surface area contributed by atoms with Crippen molar-refractivity contribution in [2.75, 3.05) is 43.8 Å². The van der Waals surface area contributed by atoms with Gasteiger partial charge in [0.05, 0.1) is 12.6 Å². The molecule has 3 rings (SSSR count). The Balaban J connectivity index is 1.61. The topological polar surface area (TPSA) is 123 Å². The first-order valence-electron chi connectivity index (χ1n) is 10.9. The lowest BCUT2D eigenvalue weighted by atomic mass is 10.0. The number of anilines is 2. The van der Waals surface area contributed by atoms with Crippen LogP contribution in [0.4, 0.5) is 11.5 Å². The van der Waals surface area contributed by atoms with Gasteiger partial charge in [-0.15, -0.1) is 0 Å². The van der Waals surface area contributed by atoms with Gasteiger partial charge in [0.15, 0.2) is 5.78 Å². The second-order valence-electron chi connectivity index (χ2n) is 8.61. The van der Waals surface area contributed by atoms with Gasteiger partial charge in [-0.3, -0.25) is 33.3 Å². The van der Waals surface area contributed by atoms with Crippen molar-refractivity contribution in [1.82, 2.24) is 18.9 Å². The second-order valence-corrected chi connectivity index (χ2v) is 8.61. The summed E-state index contributed by atoms with van der Waals surface area (Å²) in [4.78, 5) is 54.2. The molecule has 178 valence electrons. The van der Waals surface area contributed by atoms with E-state index in [2.05, 4.69) is 5.32 Å². The summed E-state index contributed by atoms with van der Waals surface area (Å²) in [6.45, 7) is 8.33. The number of nitrogens with zero attached hydrogens (tertiary/aromatic N) is 4. The van der Waals surface area contributed by atoms with Crippen molar-refractivity contribution in [2.45, 2.75) is 26.8 Å². The lowest BCUT2D eigenvalue weighted by Gasteiger charge is -2.37. The Morgan fingerprint density at radius 1 is 1.06 bits per heavy atom. The van der Waals surface area contributed by atoms with Crippen molar-refractivity contribution in [1.29, 1.82) is 0 Å². The second kappa shape index (κ2) is 9.72. The third kappa shape index (κ3) is 4.91. The van der Waals surface area contributed by atoms with Gasteiger partial charge in [-0.2, -0.15) is 0 Å². The summed E-state index contributed by atoms with van der Waals surface area (Å²) < 4.78 is 2.00. The zero-order valence-corrected chi connectivity index (χ0v) is 19.8. The normalized spacial score (nSPS) is 15.9. The molecule has 1 aliphatic rings. The van der Waals surface area contributed by atoms with E-state index < -0.39 is 23.1 Å². The standard InChI is InChI=1S/C23H32N6O4/c1-14-7-6-8-17(15(14)2)25-18(30)13-28-9-11-29(12-10-28)16(3)20(31)19-21(24)26(4)23(33)27(5)22(19)32/h6-8,16H,9-13,24H2,1-5H3,(H,25,30)/t16-/m1/s1. The number of nitrogen functional groups attached to an aromatic ring is 1. The number of benzene rings is 1. The molecule has 33 heavy (non-hydrogen) atoms. The monoisotopic (exact) mass is 456 g/mol. The molecule has 1 atom stereocenters. The number of nitrogens with one attached hydrogen (secondary N) is 1. The summed E-state index contributed by atoms with van der Waals surface area (Å²) >= 11 is 0. The molecule has 10 nitrogen and oxygen atoms in total. The third-order valence-electron chi connectivity index (χ3n) is 6.54. The summed E-state index contributed by atoms with van der Waals surface area (Å²) in [6, 6.07) is 5.23. The van der Waals surface area contributed by atoms with Gasteiger partial charge in [-0.05, 0) is 38.0 Å². The fourth-order valence-electron chi connectivity index (χ4n) is 4.05. The molecule has 0 spiro atoms. The predicted molar refractivity (Wildman–Crippen MR) is 128 cm³/mol. The Kier molecular flexibility index (Phi) is 7.19. The maximum atomic E-state index is 13.1. The van der Waals surface area contributed by atoms with Crippen LogP contribution >= 0.6 is 0 Å². The molecular weight excluding hydrogens is 424 g/mol. The van der Waals surface area contributed by atoms with E-state index in [1.165, 1.54) is 14.1 Å². The van der Waals surface area contributed by atoms with Crippen LogP contribution in [0.5, 0.6) is 0 Å². The van der Waals surface area contributed by atoms with E-state index in [4.69, 9.17) is 5.73 Å². The zero-order chi connectivity index (χ0) is 24.4. The molecule has 10 heteroatoms. The number of rotatable bonds is 6. The number of hydrogen-bond acceptors (Lipinski definition) is 7. The molecule has 3 N–H and O–H groups in total. The minimum atomic E-state index is -0.686. The molecule has 0 saturated carbocycles. The van der Waals surface area contributed by atoms with Crippen LogP contribution in [-0.2, 0) is 18.9 Å². The number of piperazine rings is 1. The Morgan fingerprint density at radius 2 is 1.70 bits per heavy atom. The van der Waals surface area contributed by atoms with E-state index in [-0.39, 0.29) is 23.8 Å². The fourth-order valence-corrected chi connectivity index (χ4v) is 4.05. The number of ketones is 1. The smallest absolute Gasteiger partial charge is 0.332 e. The maximum absolute atomic E-state index is 13.1. The number of carbonyl (C=O) groups is 2. The third-order valence-corrected chi connectivity index (χ3v) is 6.54. The first-order chi connectivity index (χ1) is 15.5. The van der Waals surface area contributed by atoms with E-state index in [1.54, 1.807) is 6.92 Å². The molecule has 1 aromatic heterocycles. The first kappa shape index (κ1) is 24.4. The Hall–Kier alpha value is -3.24. The summed E-state index contributed by atoms with van der Waals surface area (Å²) in [5.41, 5.74) is 7.50. The average Bonchev–Trinajstić information content (AvgIpc) is 2.79. The van der Waals surface area contributed by atoms with Gasteiger partial charge in [0.25, 0.3) is 5.56 Å². The predicted octanol–water partition coefficient (Wildman–Crippen LogP) is 0.111. The van der Waals surface area contributed by atoms with Crippen molar-refractivity contribution < 1.29 is 9.59 Å². The first-order valence-corrected chi connectivity index (χ1v) is 10.9. The number of aryl methyl sites for hydroxylation is 1. The van der Waals surface area contributed by atoms with Crippen molar-refractivity contribution >= 4 is 23.2 Å². The van der Waals surface area contributed by atoms with Crippen LogP contribution in [0.1, 0.15) is 28.4 Å². The average molecular weight is 457 g/mol. The van der Waals surface area contributed by atoms with Gasteiger partial charge < -0.3 is 11.1 Å². The Labute approximate surface area is 192 Å². The fraction of sp³-hybridized carbons (Fsp3) is 0.478. The highest BCUT2D eigenvalue weighted by Crippen LogP contribution is 2.18. The number of hydrogen-bond donors (Lipinski definition) is 2. The molecule has 2 aromatic rings. The van der Waals surface area contributed by atoms with Crippen molar-refractivity contribution in [3.05, 3.63) is 55.7 Å². The molecule has 1 amide bonds. The highest BCUT2D eigenvalue weighted by atomic mass is 16.2. The molecule has 1 fully saturated rings. The minimum absolute atomic E-state index is 0.0808. The van der Waals surface area contributed by atoms with Crippen LogP contribution in [0.2, 0.25) is 0 Å². The summed E-state index contributed by atoms with van der Waals surface area (Å²) in [6.07, 6.45) is 0. The van der Waals surface area contributed by atoms with Gasteiger partial charge in [0, 0.05) is 46.0 Å². The Morgan fingerprint density at radius 3 is 2.33 bits per heavy atom. The largest absolute Gasteiger partial charge is 0.384 e. The van der Waals surface area contributed by atoms with E-state index >= 15 is 0 Å². The molecule has 1 aromatic carbocycles. The van der Waals surface area contributed by atoms with Crippen molar-refractivity contribution in [2.24, 2.45) is 14.1 Å². The molecule has 1 saturated heterocycles. The van der Waals surface area contributed by atoms with Crippen LogP contribution in [-0.4, -0.2) is 69.4 Å². The van der Waals surface area contributed by atoms with Crippen molar-refractivity contribution in [3.8, 4) is 0 Å². The molecule has 0 aliphatic carbocycles. The summed E-state index contributed by atoms with van der Waals surface area (Å²) in [5, 5.41) is 2.97. The SMILES string of the molecule is Cc1cccc(NC(=O)CN2CCN([C@H](C)C(=O)c3c(N)n(C)c(=O)n(C)c3=O)CC2)c1C. The number of aromatic nitrogens is 2. The minimum Gasteiger partial charge on any atom is -0.384 e. The molecule has 0 bridgehead atoms. The van der Waals surface area contributed by atoms with Gasteiger partial charge in [0.2, 0.25) is 5.91 Å². The van der Waals surface area contributed by atoms with E-state index in [9.17, 15) is 19.2 Å². The highest BCUT2D eigenvalue weighted by molar-refractivity contribution is 6.03. The molecule has 1 aliphatic heterocycles. The van der Waals surface area contributed by atoms with Crippen LogP contribution in [0, 0.1) is 13.8 Å². The maximum Gasteiger partial charge on any atom is 0.332 e. The van der Waals surface area contributed by atoms with E-state index in [0.29, 0.717) is 26.2 Å². The van der Waals surface area contributed by atoms with E-state index in [1.807, 2.05) is 41.8 Å². The van der Waals surface area contributed by atoms with Gasteiger partial charge in [-0.1, -0.05) is 12.1 Å². The number of amides is 1. The lowest BCUT2D eigenvalue weighted by molar-refractivity contribution is -0.117.